The second kappa shape index (κ2) is 5.71. The van der Waals surface area contributed by atoms with E-state index in [9.17, 15) is 4.79 Å². The van der Waals surface area contributed by atoms with Crippen molar-refractivity contribution in [3.63, 3.8) is 0 Å². The van der Waals surface area contributed by atoms with E-state index in [0.717, 1.165) is 19.3 Å². The Labute approximate surface area is 108 Å². The van der Waals surface area contributed by atoms with E-state index in [4.69, 9.17) is 11.5 Å². The molecule has 0 bridgehead atoms. The number of pyridine rings is 1. The van der Waals surface area contributed by atoms with Crippen molar-refractivity contribution in [1.29, 1.82) is 0 Å². The van der Waals surface area contributed by atoms with Gasteiger partial charge in [0.15, 0.2) is 0 Å². The second-order valence-electron chi connectivity index (χ2n) is 4.49. The Kier molecular flexibility index (Phi) is 4.53. The van der Waals surface area contributed by atoms with Gasteiger partial charge in [0.2, 0.25) is 0 Å². The number of aromatic nitrogens is 1. The van der Waals surface area contributed by atoms with E-state index in [0.29, 0.717) is 17.1 Å². The van der Waals surface area contributed by atoms with Gasteiger partial charge in [0, 0.05) is 5.54 Å². The Morgan fingerprint density at radius 3 is 2.33 bits per heavy atom. The summed E-state index contributed by atoms with van der Waals surface area (Å²) in [5, 5.41) is 3.39. The van der Waals surface area contributed by atoms with Gasteiger partial charge in [-0.2, -0.15) is 0 Å². The number of nitrogens with one attached hydrogen (secondary N) is 1. The highest BCUT2D eigenvalue weighted by molar-refractivity contribution is 5.98. The number of primary amides is 1. The third-order valence-corrected chi connectivity index (χ3v) is 3.62. The van der Waals surface area contributed by atoms with E-state index in [2.05, 4.69) is 31.1 Å². The Bertz CT molecular complexity index is 419. The van der Waals surface area contributed by atoms with Crippen LogP contribution in [0.1, 0.15) is 50.4 Å². The monoisotopic (exact) mass is 250 g/mol. The first-order valence-electron chi connectivity index (χ1n) is 6.31. The molecule has 1 amide bonds. The average molecular weight is 250 g/mol. The highest BCUT2D eigenvalue weighted by Crippen LogP contribution is 2.25. The van der Waals surface area contributed by atoms with E-state index >= 15 is 0 Å². The molecule has 1 aromatic heterocycles. The molecule has 0 fully saturated rings. The van der Waals surface area contributed by atoms with E-state index in [-0.39, 0.29) is 5.54 Å². The van der Waals surface area contributed by atoms with Crippen LogP contribution in [0.4, 0.5) is 11.5 Å². The molecule has 0 aliphatic carbocycles. The molecule has 0 aliphatic heterocycles. The number of nitrogens with zero attached hydrogens (tertiary/aromatic N) is 1. The topological polar surface area (TPSA) is 94.0 Å². The number of nitrogen functional groups attached to an aromatic ring is 1. The number of hydrogen-bond acceptors (Lipinski definition) is 4. The molecule has 0 spiro atoms. The molecule has 0 saturated heterocycles. The summed E-state index contributed by atoms with van der Waals surface area (Å²) < 4.78 is 0. The maximum atomic E-state index is 11.2. The summed E-state index contributed by atoms with van der Waals surface area (Å²) in [5.74, 6) is 0.108. The quantitative estimate of drug-likeness (QED) is 0.721. The molecule has 1 heterocycles. The number of rotatable bonds is 6. The van der Waals surface area contributed by atoms with Crippen molar-refractivity contribution in [3.8, 4) is 0 Å². The smallest absolute Gasteiger partial charge is 0.250 e. The van der Waals surface area contributed by atoms with Crippen LogP contribution in [0.25, 0.3) is 0 Å². The Morgan fingerprint density at radius 2 is 1.89 bits per heavy atom. The van der Waals surface area contributed by atoms with Crippen molar-refractivity contribution in [2.75, 3.05) is 11.1 Å². The van der Waals surface area contributed by atoms with Gasteiger partial charge in [-0.05, 0) is 25.3 Å². The highest BCUT2D eigenvalue weighted by atomic mass is 16.1. The Balaban J connectivity index is 3.04. The lowest BCUT2D eigenvalue weighted by atomic mass is 9.90. The summed E-state index contributed by atoms with van der Waals surface area (Å²) in [6.45, 7) is 6.39. The van der Waals surface area contributed by atoms with E-state index in [1.165, 1.54) is 6.20 Å². The van der Waals surface area contributed by atoms with Crippen LogP contribution in [0, 0.1) is 0 Å². The van der Waals surface area contributed by atoms with Gasteiger partial charge < -0.3 is 16.8 Å². The highest BCUT2D eigenvalue weighted by Gasteiger charge is 2.24. The van der Waals surface area contributed by atoms with Crippen molar-refractivity contribution >= 4 is 17.4 Å². The first-order valence-corrected chi connectivity index (χ1v) is 6.31. The van der Waals surface area contributed by atoms with Crippen LogP contribution in [0.2, 0.25) is 0 Å². The zero-order valence-corrected chi connectivity index (χ0v) is 11.3. The lowest BCUT2D eigenvalue weighted by molar-refractivity contribution is 0.100. The molecule has 0 radical (unpaired) electrons. The van der Waals surface area contributed by atoms with Gasteiger partial charge in [0.25, 0.3) is 5.91 Å². The van der Waals surface area contributed by atoms with Gasteiger partial charge in [-0.3, -0.25) is 4.79 Å². The van der Waals surface area contributed by atoms with Gasteiger partial charge in [-0.25, -0.2) is 4.98 Å². The molecule has 0 unspecified atom stereocenters. The third kappa shape index (κ3) is 2.91. The van der Waals surface area contributed by atoms with Gasteiger partial charge in [0.05, 0.1) is 17.4 Å². The summed E-state index contributed by atoms with van der Waals surface area (Å²) in [6, 6.07) is 1.62. The zero-order valence-electron chi connectivity index (χ0n) is 11.3. The van der Waals surface area contributed by atoms with Crippen LogP contribution in [-0.4, -0.2) is 16.4 Å². The van der Waals surface area contributed by atoms with Crippen LogP contribution in [0.5, 0.6) is 0 Å². The standard InChI is InChI=1S/C13H22N4O/c1-4-13(5-2,6-3)17-11-7-9(12(15)18)10(14)8-16-11/h7-8H,4-6,14H2,1-3H3,(H2,15,18)(H,16,17). The maximum absolute atomic E-state index is 11.2. The number of anilines is 2. The number of hydrogen-bond donors (Lipinski definition) is 3. The van der Waals surface area contributed by atoms with Gasteiger partial charge in [0.1, 0.15) is 5.82 Å². The Hall–Kier alpha value is -1.78. The van der Waals surface area contributed by atoms with Gasteiger partial charge in [-0.15, -0.1) is 0 Å². The number of amides is 1. The first kappa shape index (κ1) is 14.3. The summed E-state index contributed by atoms with van der Waals surface area (Å²) in [4.78, 5) is 15.4. The normalized spacial score (nSPS) is 11.3. The summed E-state index contributed by atoms with van der Waals surface area (Å²) in [7, 11) is 0. The molecule has 18 heavy (non-hydrogen) atoms. The molecular formula is C13H22N4O. The molecule has 0 aliphatic rings. The molecule has 0 aromatic carbocycles. The average Bonchev–Trinajstić information content (AvgIpc) is 2.38. The van der Waals surface area contributed by atoms with Gasteiger partial charge in [-0.1, -0.05) is 20.8 Å². The number of nitrogens with two attached hydrogens (primary N) is 2. The minimum Gasteiger partial charge on any atom is -0.397 e. The minimum absolute atomic E-state index is 0.00195. The SMILES string of the molecule is CCC(CC)(CC)Nc1cc(C(N)=O)c(N)cn1. The lowest BCUT2D eigenvalue weighted by Crippen LogP contribution is -2.36. The fraction of sp³-hybridized carbons (Fsp3) is 0.538. The number of carbonyl (C=O) groups is 1. The van der Waals surface area contributed by atoms with Crippen LogP contribution in [-0.2, 0) is 0 Å². The number of carbonyl (C=O) groups excluding carboxylic acids is 1. The van der Waals surface area contributed by atoms with Crippen LogP contribution >= 0.6 is 0 Å². The summed E-state index contributed by atoms with van der Waals surface area (Å²) >= 11 is 0. The molecule has 1 aromatic rings. The van der Waals surface area contributed by atoms with Crippen LogP contribution in [0.3, 0.4) is 0 Å². The summed E-state index contributed by atoms with van der Waals surface area (Å²) in [6.07, 6.45) is 4.42. The molecule has 5 nitrogen and oxygen atoms in total. The molecule has 0 saturated carbocycles. The van der Waals surface area contributed by atoms with Crippen molar-refractivity contribution in [3.05, 3.63) is 17.8 Å². The molecule has 5 heteroatoms. The van der Waals surface area contributed by atoms with Crippen LogP contribution in [0.15, 0.2) is 12.3 Å². The van der Waals surface area contributed by atoms with Crippen molar-refractivity contribution < 1.29 is 4.79 Å². The molecule has 1 rings (SSSR count). The van der Waals surface area contributed by atoms with Crippen molar-refractivity contribution in [2.45, 2.75) is 45.6 Å². The van der Waals surface area contributed by atoms with E-state index in [1.807, 2.05) is 0 Å². The van der Waals surface area contributed by atoms with Crippen LogP contribution < -0.4 is 16.8 Å². The van der Waals surface area contributed by atoms with Gasteiger partial charge >= 0.3 is 0 Å². The predicted molar refractivity (Wildman–Crippen MR) is 74.4 cm³/mol. The lowest BCUT2D eigenvalue weighted by Gasteiger charge is -2.32. The third-order valence-electron chi connectivity index (χ3n) is 3.62. The fourth-order valence-corrected chi connectivity index (χ4v) is 2.03. The Morgan fingerprint density at radius 1 is 1.33 bits per heavy atom. The van der Waals surface area contributed by atoms with Crippen molar-refractivity contribution in [2.24, 2.45) is 5.73 Å². The predicted octanol–water partition coefficient (Wildman–Crippen LogP) is 2.14. The molecule has 5 N–H and O–H groups in total. The molecule has 0 atom stereocenters. The zero-order chi connectivity index (χ0) is 13.8. The van der Waals surface area contributed by atoms with Crippen molar-refractivity contribution in [1.82, 2.24) is 4.98 Å². The minimum atomic E-state index is -0.534. The van der Waals surface area contributed by atoms with E-state index < -0.39 is 5.91 Å². The second-order valence-corrected chi connectivity index (χ2v) is 4.49. The fourth-order valence-electron chi connectivity index (χ4n) is 2.03. The molecular weight excluding hydrogens is 228 g/mol. The molecule has 100 valence electrons. The summed E-state index contributed by atoms with van der Waals surface area (Å²) in [5.41, 5.74) is 11.5. The largest absolute Gasteiger partial charge is 0.397 e. The maximum Gasteiger partial charge on any atom is 0.250 e. The van der Waals surface area contributed by atoms with E-state index in [1.54, 1.807) is 6.07 Å². The first-order chi connectivity index (χ1) is 8.48.